The lowest BCUT2D eigenvalue weighted by Crippen LogP contribution is -2.53. The summed E-state index contributed by atoms with van der Waals surface area (Å²) in [6.45, 7) is -0.00914. The van der Waals surface area contributed by atoms with Crippen molar-refractivity contribution in [2.75, 3.05) is 16.9 Å². The van der Waals surface area contributed by atoms with Gasteiger partial charge in [-0.15, -0.1) is 0 Å². The molecule has 0 aliphatic carbocycles. The van der Waals surface area contributed by atoms with Crippen molar-refractivity contribution in [3.8, 4) is 0 Å². The maximum Gasteiger partial charge on any atom is 0.248 e. The number of anilines is 2. The van der Waals surface area contributed by atoms with Gasteiger partial charge in [0.2, 0.25) is 5.91 Å². The predicted molar refractivity (Wildman–Crippen MR) is 67.2 cm³/mol. The molecule has 0 saturated carbocycles. The van der Waals surface area contributed by atoms with Crippen LogP contribution in [-0.2, 0) is 4.79 Å². The van der Waals surface area contributed by atoms with Crippen molar-refractivity contribution in [3.63, 3.8) is 0 Å². The van der Waals surface area contributed by atoms with Crippen molar-refractivity contribution in [2.24, 2.45) is 11.0 Å². The first kappa shape index (κ1) is 11.7. The summed E-state index contributed by atoms with van der Waals surface area (Å²) in [5.41, 5.74) is 9.58. The number of nitrogens with zero attached hydrogens (tertiary/aromatic N) is 4. The molecule has 0 fully saturated rings. The molecule has 1 aliphatic rings. The predicted octanol–water partition coefficient (Wildman–Crippen LogP) is 1.76. The molecule has 1 aromatic carbocycles. The molecule has 0 saturated heterocycles. The number of carbonyl (C=O) groups is 1. The molecule has 0 spiro atoms. The zero-order chi connectivity index (χ0) is 12.4. The minimum atomic E-state index is -0.687. The van der Waals surface area contributed by atoms with Gasteiger partial charge in [-0.2, -0.15) is 0 Å². The van der Waals surface area contributed by atoms with Gasteiger partial charge in [-0.25, -0.2) is 5.84 Å². The molecule has 1 aromatic rings. The molecule has 1 atom stereocenters. The monoisotopic (exact) mass is 296 g/mol. The highest BCUT2D eigenvalue weighted by Crippen LogP contribution is 2.32. The van der Waals surface area contributed by atoms with E-state index in [1.807, 2.05) is 0 Å². The number of azide groups is 1. The molecule has 0 unspecified atom stereocenters. The van der Waals surface area contributed by atoms with Crippen molar-refractivity contribution in [1.29, 1.82) is 0 Å². The Morgan fingerprint density at radius 2 is 2.41 bits per heavy atom. The van der Waals surface area contributed by atoms with Crippen LogP contribution in [0.15, 0.2) is 27.8 Å². The van der Waals surface area contributed by atoms with E-state index in [4.69, 9.17) is 11.4 Å². The van der Waals surface area contributed by atoms with Crippen LogP contribution in [0.2, 0.25) is 0 Å². The van der Waals surface area contributed by atoms with E-state index < -0.39 is 6.04 Å². The van der Waals surface area contributed by atoms with Gasteiger partial charge >= 0.3 is 0 Å². The van der Waals surface area contributed by atoms with Gasteiger partial charge in [-0.05, 0) is 23.7 Å². The highest BCUT2D eigenvalue weighted by molar-refractivity contribution is 9.10. The topological polar surface area (TPSA) is 107 Å². The normalized spacial score (nSPS) is 18.1. The lowest BCUT2D eigenvalue weighted by atomic mass is 10.1. The van der Waals surface area contributed by atoms with E-state index in [1.165, 1.54) is 5.01 Å². The number of hydrogen-bond acceptors (Lipinski definition) is 4. The van der Waals surface area contributed by atoms with Gasteiger partial charge in [0.15, 0.2) is 0 Å². The average molecular weight is 297 g/mol. The smallest absolute Gasteiger partial charge is 0.248 e. The number of hydrazine groups is 1. The number of nitrogens with two attached hydrogens (primary N) is 1. The van der Waals surface area contributed by atoms with Gasteiger partial charge < -0.3 is 5.32 Å². The third-order valence-corrected chi connectivity index (χ3v) is 2.95. The first-order valence-corrected chi connectivity index (χ1v) is 5.58. The van der Waals surface area contributed by atoms with Crippen LogP contribution in [0.4, 0.5) is 11.4 Å². The minimum Gasteiger partial charge on any atom is -0.322 e. The number of benzene rings is 1. The summed E-state index contributed by atoms with van der Waals surface area (Å²) in [6, 6.07) is 4.66. The molecule has 17 heavy (non-hydrogen) atoms. The SMILES string of the molecule is [N-]=[N+]=NC[C@@H]1C(=O)Nc2ccc(Br)cc2N1N. The fraction of sp³-hybridized carbons (Fsp3) is 0.222. The maximum atomic E-state index is 11.7. The summed E-state index contributed by atoms with van der Waals surface area (Å²) in [5.74, 6) is 5.58. The molecule has 88 valence electrons. The van der Waals surface area contributed by atoms with E-state index in [9.17, 15) is 4.79 Å². The Morgan fingerprint density at radius 3 is 3.12 bits per heavy atom. The van der Waals surface area contributed by atoms with E-state index in [1.54, 1.807) is 18.2 Å². The molecule has 8 heteroatoms. The highest BCUT2D eigenvalue weighted by atomic mass is 79.9. The fourth-order valence-electron chi connectivity index (χ4n) is 1.62. The van der Waals surface area contributed by atoms with Gasteiger partial charge in [0.1, 0.15) is 6.04 Å². The van der Waals surface area contributed by atoms with E-state index in [-0.39, 0.29) is 12.5 Å². The first-order valence-electron chi connectivity index (χ1n) is 4.78. The van der Waals surface area contributed by atoms with Gasteiger partial charge in [0.05, 0.1) is 17.9 Å². The molecule has 1 heterocycles. The summed E-state index contributed by atoms with van der Waals surface area (Å²) in [7, 11) is 0. The molecular formula is C9H9BrN6O. The molecule has 2 rings (SSSR count). The summed E-state index contributed by atoms with van der Waals surface area (Å²) >= 11 is 3.33. The molecular weight excluding hydrogens is 288 g/mol. The Morgan fingerprint density at radius 1 is 1.65 bits per heavy atom. The van der Waals surface area contributed by atoms with Gasteiger partial charge in [0.25, 0.3) is 0 Å². The van der Waals surface area contributed by atoms with Gasteiger partial charge in [-0.3, -0.25) is 9.80 Å². The van der Waals surface area contributed by atoms with Crippen LogP contribution in [0, 0.1) is 0 Å². The fourth-order valence-corrected chi connectivity index (χ4v) is 1.97. The van der Waals surface area contributed by atoms with Gasteiger partial charge in [0, 0.05) is 9.38 Å². The van der Waals surface area contributed by atoms with E-state index in [2.05, 4.69) is 31.3 Å². The second-order valence-electron chi connectivity index (χ2n) is 3.49. The summed E-state index contributed by atoms with van der Waals surface area (Å²) in [4.78, 5) is 14.4. The van der Waals surface area contributed by atoms with Crippen LogP contribution in [0.5, 0.6) is 0 Å². The van der Waals surface area contributed by atoms with E-state index in [0.717, 1.165) is 4.47 Å². The Labute approximate surface area is 105 Å². The molecule has 1 amide bonds. The van der Waals surface area contributed by atoms with Crippen molar-refractivity contribution < 1.29 is 4.79 Å². The Bertz CT molecular complexity index is 512. The first-order chi connectivity index (χ1) is 8.13. The third kappa shape index (κ3) is 2.19. The molecule has 0 aromatic heterocycles. The lowest BCUT2D eigenvalue weighted by Gasteiger charge is -2.33. The molecule has 7 nitrogen and oxygen atoms in total. The van der Waals surface area contributed by atoms with Crippen LogP contribution in [0.25, 0.3) is 10.4 Å². The Balaban J connectivity index is 2.37. The van der Waals surface area contributed by atoms with Crippen LogP contribution >= 0.6 is 15.9 Å². The number of halogens is 1. The minimum absolute atomic E-state index is 0.00914. The second kappa shape index (κ2) is 4.62. The number of hydrogen-bond donors (Lipinski definition) is 2. The van der Waals surface area contributed by atoms with Crippen LogP contribution < -0.4 is 16.2 Å². The standard InChI is InChI=1S/C9H9BrN6O/c10-5-1-2-6-7(3-5)16(12)8(4-13-15-11)9(17)14-6/h1-3,8H,4,12H2,(H,14,17)/t8-/m1/s1. The summed E-state index contributed by atoms with van der Waals surface area (Å²) in [5, 5.41) is 7.40. The number of nitrogens with one attached hydrogen (secondary N) is 1. The quantitative estimate of drug-likeness (QED) is 0.376. The summed E-state index contributed by atoms with van der Waals surface area (Å²) in [6.07, 6.45) is 0. The third-order valence-electron chi connectivity index (χ3n) is 2.45. The van der Waals surface area contributed by atoms with Crippen molar-refractivity contribution >= 4 is 33.2 Å². The average Bonchev–Trinajstić information content (AvgIpc) is 2.30. The second-order valence-corrected chi connectivity index (χ2v) is 4.40. The maximum absolute atomic E-state index is 11.7. The van der Waals surface area contributed by atoms with Crippen molar-refractivity contribution in [1.82, 2.24) is 0 Å². The molecule has 0 radical (unpaired) electrons. The van der Waals surface area contributed by atoms with Crippen LogP contribution in [0.1, 0.15) is 0 Å². The van der Waals surface area contributed by atoms with Crippen molar-refractivity contribution in [3.05, 3.63) is 33.1 Å². The largest absolute Gasteiger partial charge is 0.322 e. The Hall–Kier alpha value is -1.76. The van der Waals surface area contributed by atoms with E-state index in [0.29, 0.717) is 11.4 Å². The molecule has 0 bridgehead atoms. The number of fused-ring (bicyclic) bond motifs is 1. The lowest BCUT2D eigenvalue weighted by molar-refractivity contribution is -0.117. The van der Waals surface area contributed by atoms with Gasteiger partial charge in [-0.1, -0.05) is 21.0 Å². The molecule has 1 aliphatic heterocycles. The highest BCUT2D eigenvalue weighted by Gasteiger charge is 2.30. The zero-order valence-corrected chi connectivity index (χ0v) is 10.3. The molecule has 3 N–H and O–H groups in total. The number of rotatable bonds is 2. The summed E-state index contributed by atoms with van der Waals surface area (Å²) < 4.78 is 0.852. The van der Waals surface area contributed by atoms with Crippen molar-refractivity contribution in [2.45, 2.75) is 6.04 Å². The number of carbonyl (C=O) groups excluding carboxylic acids is 1. The van der Waals surface area contributed by atoms with E-state index >= 15 is 0 Å². The number of amides is 1. The van der Waals surface area contributed by atoms with Crippen LogP contribution in [-0.4, -0.2) is 18.5 Å². The van der Waals surface area contributed by atoms with Crippen LogP contribution in [0.3, 0.4) is 0 Å². The Kier molecular flexibility index (Phi) is 3.19. The zero-order valence-electron chi connectivity index (χ0n) is 8.67.